The minimum atomic E-state index is -1.21. The number of thiocarbonyl (C=S) groups is 1. The molecular weight excluding hydrogens is 403 g/mol. The van der Waals surface area contributed by atoms with E-state index in [2.05, 4.69) is 10.3 Å². The van der Waals surface area contributed by atoms with Gasteiger partial charge in [0.2, 0.25) is 0 Å². The fourth-order valence-electron chi connectivity index (χ4n) is 2.34. The van der Waals surface area contributed by atoms with E-state index in [-0.39, 0.29) is 10.8 Å². The van der Waals surface area contributed by atoms with Gasteiger partial charge in [-0.3, -0.25) is 4.90 Å². The summed E-state index contributed by atoms with van der Waals surface area (Å²) in [5, 5.41) is 3.97. The van der Waals surface area contributed by atoms with Crippen LogP contribution in [0.25, 0.3) is 0 Å². The van der Waals surface area contributed by atoms with Crippen LogP contribution >= 0.6 is 35.6 Å². The molecule has 1 saturated heterocycles. The number of hydrogen-bond acceptors (Lipinski definition) is 3. The highest BCUT2D eigenvalue weighted by atomic mass is 35.5. The van der Waals surface area contributed by atoms with Crippen molar-refractivity contribution in [2.24, 2.45) is 4.99 Å². The second kappa shape index (κ2) is 7.85. The number of aliphatic imine (C=N–C) groups is 1. The summed E-state index contributed by atoms with van der Waals surface area (Å²) < 4.78 is 41.2. The van der Waals surface area contributed by atoms with Crippen LogP contribution in [0.5, 0.6) is 0 Å². The van der Waals surface area contributed by atoms with Gasteiger partial charge in [0, 0.05) is 29.0 Å². The summed E-state index contributed by atoms with van der Waals surface area (Å²) in [5.74, 6) is -2.50. The van der Waals surface area contributed by atoms with Crippen LogP contribution in [0, 0.1) is 24.4 Å². The zero-order valence-corrected chi connectivity index (χ0v) is 15.9. The molecule has 0 atom stereocenters. The highest BCUT2D eigenvalue weighted by Gasteiger charge is 2.25. The Morgan fingerprint density at radius 2 is 2.04 bits per heavy atom. The molecule has 0 radical (unpaired) electrons. The number of halogens is 4. The predicted octanol–water partition coefficient (Wildman–Crippen LogP) is 5.50. The Kier molecular flexibility index (Phi) is 5.74. The average molecular weight is 416 g/mol. The van der Waals surface area contributed by atoms with Gasteiger partial charge in [-0.2, -0.15) is 0 Å². The van der Waals surface area contributed by atoms with Crippen LogP contribution in [-0.4, -0.2) is 27.5 Å². The summed E-state index contributed by atoms with van der Waals surface area (Å²) in [5.41, 5.74) is 0.0360. The normalized spacial score (nSPS) is 15.6. The molecular formula is C17H13ClF3N3S2. The van der Waals surface area contributed by atoms with E-state index >= 15 is 0 Å². The van der Waals surface area contributed by atoms with Gasteiger partial charge >= 0.3 is 0 Å². The Labute approximate surface area is 163 Å². The Bertz CT molecular complexity index is 905. The smallest absolute Gasteiger partial charge is 0.179 e. The molecule has 1 fully saturated rings. The first-order valence-corrected chi connectivity index (χ1v) is 9.33. The van der Waals surface area contributed by atoms with Crippen LogP contribution in [0.1, 0.15) is 5.56 Å². The molecule has 136 valence electrons. The van der Waals surface area contributed by atoms with Gasteiger partial charge in [0.25, 0.3) is 0 Å². The second-order valence-electron chi connectivity index (χ2n) is 5.46. The van der Waals surface area contributed by atoms with Crippen LogP contribution in [0.2, 0.25) is 5.02 Å². The largest absolute Gasteiger partial charge is 0.330 e. The fraction of sp³-hybridized carbons (Fsp3) is 0.176. The van der Waals surface area contributed by atoms with E-state index in [4.69, 9.17) is 23.8 Å². The molecule has 0 aliphatic carbocycles. The van der Waals surface area contributed by atoms with Gasteiger partial charge in [-0.05, 0) is 37.3 Å². The lowest BCUT2D eigenvalue weighted by Gasteiger charge is -2.20. The molecule has 1 aliphatic rings. The Balaban J connectivity index is 1.83. The van der Waals surface area contributed by atoms with Crippen molar-refractivity contribution in [2.45, 2.75) is 6.92 Å². The summed E-state index contributed by atoms with van der Waals surface area (Å²) in [7, 11) is 0. The first-order chi connectivity index (χ1) is 12.4. The molecule has 0 spiro atoms. The van der Waals surface area contributed by atoms with Crippen molar-refractivity contribution in [3.8, 4) is 0 Å². The third kappa shape index (κ3) is 3.97. The lowest BCUT2D eigenvalue weighted by molar-refractivity contribution is 0.488. The molecule has 1 N–H and O–H groups in total. The van der Waals surface area contributed by atoms with Gasteiger partial charge in [-0.15, -0.1) is 0 Å². The molecule has 1 heterocycles. The van der Waals surface area contributed by atoms with Crippen molar-refractivity contribution in [1.82, 2.24) is 4.90 Å². The second-order valence-corrected chi connectivity index (χ2v) is 7.35. The molecule has 2 aromatic rings. The zero-order valence-electron chi connectivity index (χ0n) is 13.5. The number of amidine groups is 1. The number of benzene rings is 2. The van der Waals surface area contributed by atoms with Crippen LogP contribution < -0.4 is 5.32 Å². The summed E-state index contributed by atoms with van der Waals surface area (Å²) in [6, 6.07) is 7.78. The standard InChI is InChI=1S/C17H13ClF3N3S2/c1-9-14(20)12(19)8-13(15(9)21)23-16(25)24-5-6-26-17(24)22-11-4-2-3-10(18)7-11/h2-4,7-8H,5-6H2,1H3,(H,23,25). The Morgan fingerprint density at radius 3 is 2.77 bits per heavy atom. The summed E-state index contributed by atoms with van der Waals surface area (Å²) in [6.45, 7) is 1.72. The molecule has 0 saturated carbocycles. The number of nitrogens with one attached hydrogen (secondary N) is 1. The van der Waals surface area contributed by atoms with Crippen LogP contribution in [0.3, 0.4) is 0 Å². The van der Waals surface area contributed by atoms with Crippen molar-refractivity contribution >= 4 is 57.2 Å². The lowest BCUT2D eigenvalue weighted by atomic mass is 10.2. The third-order valence-corrected chi connectivity index (χ3v) is 5.19. The van der Waals surface area contributed by atoms with E-state index in [1.54, 1.807) is 29.2 Å². The quantitative estimate of drug-likeness (QED) is 0.517. The maximum atomic E-state index is 14.2. The SMILES string of the molecule is Cc1c(F)c(F)cc(NC(=S)N2CCSC2=Nc2cccc(Cl)c2)c1F. The molecule has 2 aromatic carbocycles. The number of hydrogen-bond donors (Lipinski definition) is 1. The minimum Gasteiger partial charge on any atom is -0.330 e. The average Bonchev–Trinajstić information content (AvgIpc) is 3.06. The first-order valence-electron chi connectivity index (χ1n) is 7.56. The van der Waals surface area contributed by atoms with Gasteiger partial charge in [0.1, 0.15) is 0 Å². The monoisotopic (exact) mass is 415 g/mol. The van der Waals surface area contributed by atoms with Gasteiger partial charge in [-0.1, -0.05) is 29.4 Å². The van der Waals surface area contributed by atoms with Gasteiger partial charge in [-0.25, -0.2) is 18.2 Å². The van der Waals surface area contributed by atoms with Crippen LogP contribution in [0.15, 0.2) is 35.3 Å². The van der Waals surface area contributed by atoms with E-state index in [1.165, 1.54) is 18.7 Å². The maximum Gasteiger partial charge on any atom is 0.179 e. The lowest BCUT2D eigenvalue weighted by Crippen LogP contribution is -2.35. The van der Waals surface area contributed by atoms with E-state index < -0.39 is 23.0 Å². The van der Waals surface area contributed by atoms with Crippen LogP contribution in [-0.2, 0) is 0 Å². The number of rotatable bonds is 2. The van der Waals surface area contributed by atoms with Crippen molar-refractivity contribution < 1.29 is 13.2 Å². The number of nitrogens with zero attached hydrogens (tertiary/aromatic N) is 2. The van der Waals surface area contributed by atoms with Crippen molar-refractivity contribution in [2.75, 3.05) is 17.6 Å². The molecule has 26 heavy (non-hydrogen) atoms. The highest BCUT2D eigenvalue weighted by molar-refractivity contribution is 8.14. The molecule has 9 heteroatoms. The summed E-state index contributed by atoms with van der Waals surface area (Å²) >= 11 is 12.7. The van der Waals surface area contributed by atoms with Crippen LogP contribution in [0.4, 0.5) is 24.5 Å². The molecule has 0 unspecified atom stereocenters. The van der Waals surface area contributed by atoms with Gasteiger partial charge < -0.3 is 5.32 Å². The molecule has 0 aromatic heterocycles. The van der Waals surface area contributed by atoms with Crippen molar-refractivity contribution in [3.05, 3.63) is 58.4 Å². The van der Waals surface area contributed by atoms with E-state index in [9.17, 15) is 13.2 Å². The maximum absolute atomic E-state index is 14.2. The fourth-order valence-corrected chi connectivity index (χ4v) is 3.84. The molecule has 0 amide bonds. The van der Waals surface area contributed by atoms with Gasteiger partial charge in [0.15, 0.2) is 27.7 Å². The van der Waals surface area contributed by atoms with Crippen molar-refractivity contribution in [3.63, 3.8) is 0 Å². The number of thioether (sulfide) groups is 1. The molecule has 0 bridgehead atoms. The minimum absolute atomic E-state index is 0.153. The van der Waals surface area contributed by atoms with Gasteiger partial charge in [0.05, 0.1) is 11.4 Å². The topological polar surface area (TPSA) is 27.6 Å². The summed E-state index contributed by atoms with van der Waals surface area (Å²) in [4.78, 5) is 6.18. The summed E-state index contributed by atoms with van der Waals surface area (Å²) in [6.07, 6.45) is 0. The van der Waals surface area contributed by atoms with E-state index in [1.807, 2.05) is 0 Å². The third-order valence-electron chi connectivity index (χ3n) is 3.67. The molecule has 3 rings (SSSR count). The molecule has 3 nitrogen and oxygen atoms in total. The predicted molar refractivity (Wildman–Crippen MR) is 105 cm³/mol. The molecule has 1 aliphatic heterocycles. The van der Waals surface area contributed by atoms with E-state index in [0.717, 1.165) is 11.8 Å². The highest BCUT2D eigenvalue weighted by Crippen LogP contribution is 2.27. The first kappa shape index (κ1) is 19.0. The van der Waals surface area contributed by atoms with E-state index in [0.29, 0.717) is 22.4 Å². The Hall–Kier alpha value is -1.77. The Morgan fingerprint density at radius 1 is 1.27 bits per heavy atom. The van der Waals surface area contributed by atoms with Crippen molar-refractivity contribution in [1.29, 1.82) is 0 Å². The number of anilines is 1. The zero-order chi connectivity index (χ0) is 18.8.